The summed E-state index contributed by atoms with van der Waals surface area (Å²) in [5.74, 6) is 0.311. The summed E-state index contributed by atoms with van der Waals surface area (Å²) in [4.78, 5) is 4.01. The highest BCUT2D eigenvalue weighted by Crippen LogP contribution is 2.16. The topological polar surface area (TPSA) is 50.1 Å². The summed E-state index contributed by atoms with van der Waals surface area (Å²) in [6.07, 6.45) is 6.68. The summed E-state index contributed by atoms with van der Waals surface area (Å²) in [6.45, 7) is 4.07. The Labute approximate surface area is 107 Å². The molecule has 4 heteroatoms. The molecule has 1 aromatic carbocycles. The molecule has 1 heterocycles. The zero-order valence-electron chi connectivity index (χ0n) is 10.6. The van der Waals surface area contributed by atoms with Crippen molar-refractivity contribution in [3.05, 3.63) is 48.5 Å². The van der Waals surface area contributed by atoms with Gasteiger partial charge in [0.15, 0.2) is 0 Å². The molecule has 0 aliphatic rings. The second-order valence-electron chi connectivity index (χ2n) is 4.42. The van der Waals surface area contributed by atoms with Crippen LogP contribution in [-0.2, 0) is 6.54 Å². The summed E-state index contributed by atoms with van der Waals surface area (Å²) < 4.78 is 2.08. The lowest BCUT2D eigenvalue weighted by atomic mass is 10.1. The van der Waals surface area contributed by atoms with Crippen LogP contribution in [0.1, 0.15) is 24.9 Å². The van der Waals surface area contributed by atoms with E-state index < -0.39 is 0 Å². The number of phenols is 1. The van der Waals surface area contributed by atoms with E-state index in [1.54, 1.807) is 18.3 Å². The van der Waals surface area contributed by atoms with Gasteiger partial charge in [0.25, 0.3) is 0 Å². The van der Waals surface area contributed by atoms with Crippen molar-refractivity contribution in [2.75, 3.05) is 6.54 Å². The van der Waals surface area contributed by atoms with Crippen molar-refractivity contribution in [1.82, 2.24) is 14.9 Å². The lowest BCUT2D eigenvalue weighted by Crippen LogP contribution is -2.20. The van der Waals surface area contributed by atoms with Crippen LogP contribution < -0.4 is 5.32 Å². The van der Waals surface area contributed by atoms with Gasteiger partial charge in [-0.15, -0.1) is 0 Å². The van der Waals surface area contributed by atoms with Gasteiger partial charge in [-0.05, 0) is 37.6 Å². The predicted molar refractivity (Wildman–Crippen MR) is 71.4 cm³/mol. The fraction of sp³-hybridized carbons (Fsp3) is 0.357. The molecule has 2 N–H and O–H groups in total. The van der Waals surface area contributed by atoms with Crippen molar-refractivity contribution >= 4 is 0 Å². The second kappa shape index (κ2) is 6.21. The zero-order valence-corrected chi connectivity index (χ0v) is 10.6. The largest absolute Gasteiger partial charge is 0.508 e. The Hall–Kier alpha value is -1.81. The number of imidazole rings is 1. The van der Waals surface area contributed by atoms with Gasteiger partial charge in [0.2, 0.25) is 0 Å². The Kier molecular flexibility index (Phi) is 4.36. The predicted octanol–water partition coefficient (Wildman–Crippen LogP) is 2.33. The molecule has 0 aliphatic carbocycles. The molecular weight excluding hydrogens is 226 g/mol. The van der Waals surface area contributed by atoms with Gasteiger partial charge in [0.1, 0.15) is 5.75 Å². The molecule has 0 radical (unpaired) electrons. The quantitative estimate of drug-likeness (QED) is 0.768. The number of nitrogens with zero attached hydrogens (tertiary/aromatic N) is 2. The van der Waals surface area contributed by atoms with Gasteiger partial charge >= 0.3 is 0 Å². The van der Waals surface area contributed by atoms with Crippen molar-refractivity contribution < 1.29 is 5.11 Å². The number of rotatable bonds is 6. The van der Waals surface area contributed by atoms with Crippen molar-refractivity contribution in [1.29, 1.82) is 0 Å². The van der Waals surface area contributed by atoms with Crippen LogP contribution in [0.15, 0.2) is 43.0 Å². The minimum atomic E-state index is 0.299. The molecule has 2 rings (SSSR count). The van der Waals surface area contributed by atoms with Gasteiger partial charge in [-0.2, -0.15) is 0 Å². The third-order valence-electron chi connectivity index (χ3n) is 3.00. The third-order valence-corrected chi connectivity index (χ3v) is 3.00. The van der Waals surface area contributed by atoms with E-state index in [-0.39, 0.29) is 0 Å². The van der Waals surface area contributed by atoms with E-state index in [4.69, 9.17) is 0 Å². The van der Waals surface area contributed by atoms with Crippen molar-refractivity contribution in [3.63, 3.8) is 0 Å². The number of nitrogens with one attached hydrogen (secondary N) is 1. The van der Waals surface area contributed by atoms with E-state index >= 15 is 0 Å². The van der Waals surface area contributed by atoms with Gasteiger partial charge in [-0.3, -0.25) is 0 Å². The molecule has 4 nitrogen and oxygen atoms in total. The number of hydrogen-bond donors (Lipinski definition) is 2. The number of hydrogen-bond acceptors (Lipinski definition) is 3. The van der Waals surface area contributed by atoms with Crippen molar-refractivity contribution in [3.8, 4) is 5.75 Å². The van der Waals surface area contributed by atoms with Crippen LogP contribution in [0.4, 0.5) is 0 Å². The fourth-order valence-corrected chi connectivity index (χ4v) is 1.88. The van der Waals surface area contributed by atoms with Crippen LogP contribution in [0.3, 0.4) is 0 Å². The summed E-state index contributed by atoms with van der Waals surface area (Å²) in [5, 5.41) is 12.7. The number of aromatic hydroxyl groups is 1. The number of aryl methyl sites for hydroxylation is 1. The Morgan fingerprint density at radius 2 is 2.11 bits per heavy atom. The smallest absolute Gasteiger partial charge is 0.115 e. The first-order valence-corrected chi connectivity index (χ1v) is 6.24. The molecule has 0 fully saturated rings. The van der Waals surface area contributed by atoms with Gasteiger partial charge in [0.05, 0.1) is 6.33 Å². The molecule has 18 heavy (non-hydrogen) atoms. The Morgan fingerprint density at radius 3 is 2.78 bits per heavy atom. The van der Waals surface area contributed by atoms with Crippen LogP contribution in [0.5, 0.6) is 5.75 Å². The third kappa shape index (κ3) is 3.60. The summed E-state index contributed by atoms with van der Waals surface area (Å²) in [5.41, 5.74) is 1.19. The highest BCUT2D eigenvalue weighted by atomic mass is 16.3. The summed E-state index contributed by atoms with van der Waals surface area (Å²) in [7, 11) is 0. The Bertz CT molecular complexity index is 450. The molecule has 0 saturated carbocycles. The van der Waals surface area contributed by atoms with Gasteiger partial charge in [0, 0.05) is 25.0 Å². The van der Waals surface area contributed by atoms with Gasteiger partial charge in [-0.25, -0.2) is 4.98 Å². The lowest BCUT2D eigenvalue weighted by Gasteiger charge is -2.14. The molecule has 96 valence electrons. The monoisotopic (exact) mass is 245 g/mol. The van der Waals surface area contributed by atoms with Gasteiger partial charge in [-0.1, -0.05) is 12.1 Å². The molecule has 1 unspecified atom stereocenters. The SMILES string of the molecule is CC(NCCCn1ccnc1)c1ccc(O)cc1. The molecule has 0 bridgehead atoms. The van der Waals surface area contributed by atoms with E-state index in [2.05, 4.69) is 21.8 Å². The van der Waals surface area contributed by atoms with Crippen LogP contribution in [0, 0.1) is 0 Å². The highest BCUT2D eigenvalue weighted by Gasteiger charge is 2.03. The maximum absolute atomic E-state index is 9.23. The first kappa shape index (κ1) is 12.6. The Balaban J connectivity index is 1.71. The minimum Gasteiger partial charge on any atom is -0.508 e. The second-order valence-corrected chi connectivity index (χ2v) is 4.42. The van der Waals surface area contributed by atoms with Crippen molar-refractivity contribution in [2.24, 2.45) is 0 Å². The molecule has 0 aliphatic heterocycles. The maximum atomic E-state index is 9.23. The normalized spacial score (nSPS) is 12.5. The molecule has 2 aromatic rings. The Morgan fingerprint density at radius 1 is 1.33 bits per heavy atom. The zero-order chi connectivity index (χ0) is 12.8. The fourth-order valence-electron chi connectivity index (χ4n) is 1.88. The number of phenolic OH excluding ortho intramolecular Hbond substituents is 1. The number of benzene rings is 1. The molecule has 0 amide bonds. The van der Waals surface area contributed by atoms with Crippen LogP contribution >= 0.6 is 0 Å². The molecule has 1 atom stereocenters. The van der Waals surface area contributed by atoms with Gasteiger partial charge < -0.3 is 15.0 Å². The van der Waals surface area contributed by atoms with Crippen LogP contribution in [0.2, 0.25) is 0 Å². The minimum absolute atomic E-state index is 0.299. The lowest BCUT2D eigenvalue weighted by molar-refractivity contribution is 0.474. The summed E-state index contributed by atoms with van der Waals surface area (Å²) in [6, 6.07) is 7.64. The van der Waals surface area contributed by atoms with Crippen molar-refractivity contribution in [2.45, 2.75) is 25.9 Å². The average Bonchev–Trinajstić information content (AvgIpc) is 2.88. The first-order chi connectivity index (χ1) is 8.75. The molecule has 0 saturated heterocycles. The molecule has 0 spiro atoms. The standard InChI is InChI=1S/C14H19N3O/c1-12(13-3-5-14(18)6-4-13)16-7-2-9-17-10-8-15-11-17/h3-6,8,10-12,16,18H,2,7,9H2,1H3. The van der Waals surface area contributed by atoms with E-state index in [1.165, 1.54) is 5.56 Å². The number of aromatic nitrogens is 2. The van der Waals surface area contributed by atoms with E-state index in [0.717, 1.165) is 19.5 Å². The van der Waals surface area contributed by atoms with E-state index in [9.17, 15) is 5.11 Å². The van der Waals surface area contributed by atoms with E-state index in [0.29, 0.717) is 11.8 Å². The first-order valence-electron chi connectivity index (χ1n) is 6.24. The van der Waals surface area contributed by atoms with Crippen LogP contribution in [-0.4, -0.2) is 21.2 Å². The highest BCUT2D eigenvalue weighted by molar-refractivity contribution is 5.27. The maximum Gasteiger partial charge on any atom is 0.115 e. The molecular formula is C14H19N3O. The molecule has 1 aromatic heterocycles. The van der Waals surface area contributed by atoms with Crippen LogP contribution in [0.25, 0.3) is 0 Å². The summed E-state index contributed by atoms with van der Waals surface area (Å²) >= 11 is 0. The van der Waals surface area contributed by atoms with E-state index in [1.807, 2.05) is 24.7 Å². The average molecular weight is 245 g/mol.